The highest BCUT2D eigenvalue weighted by molar-refractivity contribution is 5.76. The van der Waals surface area contributed by atoms with Crippen LogP contribution in [0.2, 0.25) is 0 Å². The van der Waals surface area contributed by atoms with Crippen molar-refractivity contribution in [3.63, 3.8) is 0 Å². The Morgan fingerprint density at radius 3 is 2.18 bits per heavy atom. The van der Waals surface area contributed by atoms with Gasteiger partial charge in [0.15, 0.2) is 6.29 Å². The van der Waals surface area contributed by atoms with Crippen LogP contribution in [0.5, 0.6) is 0 Å². The molecule has 0 spiro atoms. The third kappa shape index (κ3) is 8.12. The predicted molar refractivity (Wildman–Crippen MR) is 67.8 cm³/mol. The van der Waals surface area contributed by atoms with Crippen molar-refractivity contribution in [1.82, 2.24) is 10.6 Å². The molecule has 0 rings (SSSR count). The highest BCUT2D eigenvalue weighted by atomic mass is 16.7. The van der Waals surface area contributed by atoms with Crippen LogP contribution in [0.4, 0.5) is 0 Å². The molecule has 1 unspecified atom stereocenters. The largest absolute Gasteiger partial charge is 0.354 e. The molecular weight excluding hydrogens is 220 g/mol. The molecule has 1 amide bonds. The normalized spacial score (nSPS) is 13.8. The van der Waals surface area contributed by atoms with Crippen molar-refractivity contribution < 1.29 is 14.3 Å². The first kappa shape index (κ1) is 16.4. The Bertz CT molecular complexity index is 222. The minimum atomic E-state index is -0.291. The van der Waals surface area contributed by atoms with Crippen molar-refractivity contribution in [1.29, 1.82) is 0 Å². The number of amides is 1. The van der Waals surface area contributed by atoms with Gasteiger partial charge in [-0.15, -0.1) is 0 Å². The van der Waals surface area contributed by atoms with Crippen molar-refractivity contribution in [3.05, 3.63) is 0 Å². The summed E-state index contributed by atoms with van der Waals surface area (Å²) in [6.45, 7) is 8.46. The standard InChI is InChI=1S/C12H26N2O3/c1-9(11(16-5)17-6)13-8-7-10(15)14-12(2,3)4/h9,11,13H,7-8H2,1-6H3,(H,14,15). The van der Waals surface area contributed by atoms with Gasteiger partial charge >= 0.3 is 0 Å². The zero-order valence-electron chi connectivity index (χ0n) is 11.8. The number of nitrogens with one attached hydrogen (secondary N) is 2. The highest BCUT2D eigenvalue weighted by Gasteiger charge is 2.16. The summed E-state index contributed by atoms with van der Waals surface area (Å²) in [5.41, 5.74) is -0.176. The molecule has 0 aromatic rings. The van der Waals surface area contributed by atoms with Gasteiger partial charge in [-0.1, -0.05) is 0 Å². The number of hydrogen-bond donors (Lipinski definition) is 2. The van der Waals surface area contributed by atoms with Gasteiger partial charge in [0.25, 0.3) is 0 Å². The van der Waals surface area contributed by atoms with Crippen molar-refractivity contribution in [2.45, 2.75) is 52.0 Å². The van der Waals surface area contributed by atoms with E-state index in [0.29, 0.717) is 13.0 Å². The third-order valence-corrected chi connectivity index (χ3v) is 2.21. The van der Waals surface area contributed by atoms with Gasteiger partial charge in [0.2, 0.25) is 5.91 Å². The lowest BCUT2D eigenvalue weighted by Crippen LogP contribution is -2.44. The van der Waals surface area contributed by atoms with Crippen LogP contribution >= 0.6 is 0 Å². The van der Waals surface area contributed by atoms with Gasteiger partial charge in [-0.25, -0.2) is 0 Å². The third-order valence-electron chi connectivity index (χ3n) is 2.21. The van der Waals surface area contributed by atoms with Crippen molar-refractivity contribution in [3.8, 4) is 0 Å². The minimum absolute atomic E-state index is 0.0450. The van der Waals surface area contributed by atoms with Crippen LogP contribution < -0.4 is 10.6 Å². The smallest absolute Gasteiger partial charge is 0.221 e. The molecule has 5 nitrogen and oxygen atoms in total. The summed E-state index contributed by atoms with van der Waals surface area (Å²) in [7, 11) is 3.19. The minimum Gasteiger partial charge on any atom is -0.354 e. The number of hydrogen-bond acceptors (Lipinski definition) is 4. The summed E-state index contributed by atoms with van der Waals surface area (Å²) >= 11 is 0. The van der Waals surface area contributed by atoms with Crippen LogP contribution in [0.1, 0.15) is 34.1 Å². The maximum Gasteiger partial charge on any atom is 0.221 e. The van der Waals surface area contributed by atoms with Crippen molar-refractivity contribution >= 4 is 5.91 Å². The van der Waals surface area contributed by atoms with Crippen LogP contribution in [0.3, 0.4) is 0 Å². The highest BCUT2D eigenvalue weighted by Crippen LogP contribution is 2.00. The Morgan fingerprint density at radius 2 is 1.76 bits per heavy atom. The maximum absolute atomic E-state index is 11.5. The first-order valence-corrected chi connectivity index (χ1v) is 5.90. The molecule has 5 heteroatoms. The molecule has 1 atom stereocenters. The molecule has 102 valence electrons. The van der Waals surface area contributed by atoms with Gasteiger partial charge in [-0.05, 0) is 27.7 Å². The summed E-state index contributed by atoms with van der Waals surface area (Å²) in [5, 5.41) is 6.10. The number of ether oxygens (including phenoxy) is 2. The van der Waals surface area contributed by atoms with Crippen molar-refractivity contribution in [2.24, 2.45) is 0 Å². The van der Waals surface area contributed by atoms with E-state index in [2.05, 4.69) is 10.6 Å². The van der Waals surface area contributed by atoms with E-state index in [9.17, 15) is 4.79 Å². The Morgan fingerprint density at radius 1 is 1.24 bits per heavy atom. The molecule has 0 saturated carbocycles. The number of rotatable bonds is 7. The monoisotopic (exact) mass is 246 g/mol. The van der Waals surface area contributed by atoms with E-state index < -0.39 is 0 Å². The van der Waals surface area contributed by atoms with Crippen LogP contribution in [0, 0.1) is 0 Å². The molecule has 0 aromatic carbocycles. The lowest BCUT2D eigenvalue weighted by atomic mass is 10.1. The van der Waals surface area contributed by atoms with Crippen molar-refractivity contribution in [2.75, 3.05) is 20.8 Å². The van der Waals surface area contributed by atoms with Gasteiger partial charge in [0, 0.05) is 32.7 Å². The van der Waals surface area contributed by atoms with Gasteiger partial charge < -0.3 is 20.1 Å². The Labute approximate surface area is 104 Å². The fourth-order valence-electron chi connectivity index (χ4n) is 1.49. The first-order valence-electron chi connectivity index (χ1n) is 5.90. The van der Waals surface area contributed by atoms with Gasteiger partial charge in [-0.3, -0.25) is 4.79 Å². The van der Waals surface area contributed by atoms with E-state index in [0.717, 1.165) is 0 Å². The SMILES string of the molecule is COC(OC)C(C)NCCC(=O)NC(C)(C)C. The van der Waals surface area contributed by atoms with Gasteiger partial charge in [-0.2, -0.15) is 0 Å². The average molecular weight is 246 g/mol. The summed E-state index contributed by atoms with van der Waals surface area (Å²) in [5.74, 6) is 0.0450. The number of methoxy groups -OCH3 is 2. The second-order valence-electron chi connectivity index (χ2n) is 5.13. The average Bonchev–Trinajstić information content (AvgIpc) is 2.16. The quantitative estimate of drug-likeness (QED) is 0.655. The molecular formula is C12H26N2O3. The maximum atomic E-state index is 11.5. The second-order valence-corrected chi connectivity index (χ2v) is 5.13. The predicted octanol–water partition coefficient (Wildman–Crippen LogP) is 0.888. The summed E-state index contributed by atoms with van der Waals surface area (Å²) < 4.78 is 10.2. The zero-order valence-corrected chi connectivity index (χ0v) is 11.8. The Balaban J connectivity index is 3.80. The number of carbonyl (C=O) groups is 1. The molecule has 0 bridgehead atoms. The van der Waals surface area contributed by atoms with Gasteiger partial charge in [0.05, 0.1) is 6.04 Å². The van der Waals surface area contributed by atoms with E-state index >= 15 is 0 Å². The lowest BCUT2D eigenvalue weighted by Gasteiger charge is -2.23. The Hall–Kier alpha value is -0.650. The molecule has 0 fully saturated rings. The second kappa shape index (κ2) is 7.63. The zero-order chi connectivity index (χ0) is 13.5. The van der Waals surface area contributed by atoms with Crippen LogP contribution in [0.15, 0.2) is 0 Å². The summed E-state index contributed by atoms with van der Waals surface area (Å²) in [6.07, 6.45) is 0.155. The lowest BCUT2D eigenvalue weighted by molar-refractivity contribution is -0.124. The van der Waals surface area contributed by atoms with Crippen LogP contribution in [-0.2, 0) is 14.3 Å². The summed E-state index contributed by atoms with van der Waals surface area (Å²) in [6, 6.07) is 0.0486. The fourth-order valence-corrected chi connectivity index (χ4v) is 1.49. The Kier molecular flexibility index (Phi) is 7.34. The van der Waals surface area contributed by atoms with Crippen LogP contribution in [0.25, 0.3) is 0 Å². The fraction of sp³-hybridized carbons (Fsp3) is 0.917. The van der Waals surface area contributed by atoms with E-state index in [1.165, 1.54) is 0 Å². The molecule has 0 saturated heterocycles. The molecule has 0 radical (unpaired) electrons. The molecule has 17 heavy (non-hydrogen) atoms. The van der Waals surface area contributed by atoms with E-state index in [1.807, 2.05) is 27.7 Å². The molecule has 0 aliphatic carbocycles. The topological polar surface area (TPSA) is 59.6 Å². The first-order chi connectivity index (χ1) is 7.80. The molecule has 2 N–H and O–H groups in total. The molecule has 0 aliphatic rings. The summed E-state index contributed by atoms with van der Waals surface area (Å²) in [4.78, 5) is 11.5. The van der Waals surface area contributed by atoms with E-state index in [-0.39, 0.29) is 23.8 Å². The van der Waals surface area contributed by atoms with E-state index in [1.54, 1.807) is 14.2 Å². The molecule has 0 aliphatic heterocycles. The van der Waals surface area contributed by atoms with Crippen LogP contribution in [-0.4, -0.2) is 44.5 Å². The molecule has 0 heterocycles. The molecule has 0 aromatic heterocycles. The number of carbonyl (C=O) groups excluding carboxylic acids is 1. The van der Waals surface area contributed by atoms with Gasteiger partial charge in [0.1, 0.15) is 0 Å². The van der Waals surface area contributed by atoms with E-state index in [4.69, 9.17) is 9.47 Å².